The minimum Gasteiger partial charge on any atom is -0.505 e. The summed E-state index contributed by atoms with van der Waals surface area (Å²) in [5.74, 6) is -0.528. The SMILES string of the molecule is C=CC=C.CC(C)=N.CCNC(=O)c1c(C)c(N(C)S(C)=O)c2cccnc2c1O.CF. The molecule has 0 saturated carbocycles. The summed E-state index contributed by atoms with van der Waals surface area (Å²) in [6, 6.07) is 3.53. The second kappa shape index (κ2) is 16.6. The molecule has 3 N–H and O–H groups in total. The van der Waals surface area contributed by atoms with E-state index in [0.29, 0.717) is 41.6 Å². The minimum absolute atomic E-state index is 0.155. The number of carbonyl (C=O) groups excluding carboxylic acids is 1. The molecule has 1 heterocycles. The average Bonchev–Trinajstić information content (AvgIpc) is 2.75. The number of amides is 1. The number of rotatable bonds is 5. The molecule has 0 spiro atoms. The first-order valence-corrected chi connectivity index (χ1v) is 11.1. The number of hydrogen-bond acceptors (Lipinski definition) is 5. The summed E-state index contributed by atoms with van der Waals surface area (Å²) in [6.07, 6.45) is 6.38. The molecule has 9 heteroatoms. The lowest BCUT2D eigenvalue weighted by molar-refractivity contribution is 0.0953. The Hall–Kier alpha value is -3.07. The van der Waals surface area contributed by atoms with Gasteiger partial charge in [0.15, 0.2) is 5.75 Å². The fourth-order valence-corrected chi connectivity index (χ4v) is 2.96. The van der Waals surface area contributed by atoms with Crippen LogP contribution < -0.4 is 9.62 Å². The van der Waals surface area contributed by atoms with Crippen LogP contribution in [0, 0.1) is 12.3 Å². The van der Waals surface area contributed by atoms with Crippen molar-refractivity contribution in [2.75, 3.05) is 31.3 Å². The van der Waals surface area contributed by atoms with E-state index in [1.807, 2.05) is 0 Å². The first-order valence-electron chi connectivity index (χ1n) is 9.63. The van der Waals surface area contributed by atoms with Crippen LogP contribution in [0.15, 0.2) is 43.6 Å². The maximum absolute atomic E-state index is 12.3. The summed E-state index contributed by atoms with van der Waals surface area (Å²) in [5.41, 5.74) is 2.35. The highest BCUT2D eigenvalue weighted by Gasteiger charge is 2.24. The smallest absolute Gasteiger partial charge is 0.255 e. The number of pyridine rings is 1. The summed E-state index contributed by atoms with van der Waals surface area (Å²) >= 11 is 0. The first kappa shape index (κ1) is 31.1. The van der Waals surface area contributed by atoms with Gasteiger partial charge in [0.2, 0.25) is 0 Å². The van der Waals surface area contributed by atoms with E-state index in [0.717, 1.165) is 0 Å². The highest BCUT2D eigenvalue weighted by atomic mass is 32.2. The van der Waals surface area contributed by atoms with Gasteiger partial charge >= 0.3 is 0 Å². The van der Waals surface area contributed by atoms with Gasteiger partial charge in [-0.25, -0.2) is 4.21 Å². The summed E-state index contributed by atoms with van der Waals surface area (Å²) in [4.78, 5) is 16.5. The van der Waals surface area contributed by atoms with Gasteiger partial charge < -0.3 is 15.8 Å². The number of aromatic nitrogens is 1. The Morgan fingerprint density at radius 3 is 2.25 bits per heavy atom. The molecular formula is C23H35FN4O3S. The van der Waals surface area contributed by atoms with E-state index < -0.39 is 11.0 Å². The summed E-state index contributed by atoms with van der Waals surface area (Å²) in [5, 5.41) is 20.3. The number of carbonyl (C=O) groups is 1. The molecule has 1 atom stereocenters. The van der Waals surface area contributed by atoms with Crippen LogP contribution >= 0.6 is 0 Å². The number of halogens is 1. The van der Waals surface area contributed by atoms with Crippen LogP contribution in [0.2, 0.25) is 0 Å². The number of aromatic hydroxyl groups is 1. The van der Waals surface area contributed by atoms with Crippen LogP contribution in [0.3, 0.4) is 0 Å². The molecular weight excluding hydrogens is 431 g/mol. The fourth-order valence-electron chi connectivity index (χ4n) is 2.46. The zero-order valence-electron chi connectivity index (χ0n) is 20.0. The molecule has 2 aromatic rings. The van der Waals surface area contributed by atoms with Crippen molar-refractivity contribution < 1.29 is 18.5 Å². The van der Waals surface area contributed by atoms with E-state index in [1.54, 1.807) is 75.8 Å². The highest BCUT2D eigenvalue weighted by Crippen LogP contribution is 2.39. The maximum Gasteiger partial charge on any atom is 0.255 e. The third-order valence-electron chi connectivity index (χ3n) is 3.69. The Labute approximate surface area is 193 Å². The predicted molar refractivity (Wildman–Crippen MR) is 135 cm³/mol. The molecule has 32 heavy (non-hydrogen) atoms. The topological polar surface area (TPSA) is 106 Å². The molecule has 1 aromatic carbocycles. The van der Waals surface area contributed by atoms with E-state index in [-0.39, 0.29) is 17.2 Å². The molecule has 1 aromatic heterocycles. The number of hydrogen-bond donors (Lipinski definition) is 3. The summed E-state index contributed by atoms with van der Waals surface area (Å²) in [6.45, 7) is 14.2. The summed E-state index contributed by atoms with van der Waals surface area (Å²) in [7, 11) is 0.917. The quantitative estimate of drug-likeness (QED) is 0.438. The Bertz CT molecular complexity index is 938. The van der Waals surface area contributed by atoms with Crippen LogP contribution in [0.4, 0.5) is 10.1 Å². The van der Waals surface area contributed by atoms with Gasteiger partial charge in [-0.15, -0.1) is 0 Å². The Morgan fingerprint density at radius 1 is 1.34 bits per heavy atom. The molecule has 2 rings (SSSR count). The van der Waals surface area contributed by atoms with Gasteiger partial charge in [-0.1, -0.05) is 25.3 Å². The van der Waals surface area contributed by atoms with Gasteiger partial charge in [0.05, 0.1) is 18.4 Å². The number of benzene rings is 1. The molecule has 1 unspecified atom stereocenters. The molecule has 0 radical (unpaired) electrons. The zero-order chi connectivity index (χ0) is 25.4. The normalized spacial score (nSPS) is 10.0. The van der Waals surface area contributed by atoms with Crippen molar-refractivity contribution in [2.24, 2.45) is 0 Å². The molecule has 0 bridgehead atoms. The number of allylic oxidation sites excluding steroid dienone is 2. The van der Waals surface area contributed by atoms with Crippen LogP contribution in [0.1, 0.15) is 36.7 Å². The van der Waals surface area contributed by atoms with Gasteiger partial charge in [-0.2, -0.15) is 0 Å². The van der Waals surface area contributed by atoms with Crippen LogP contribution in [-0.4, -0.2) is 52.9 Å². The van der Waals surface area contributed by atoms with Crippen molar-refractivity contribution in [3.05, 3.63) is 54.8 Å². The number of anilines is 1. The summed E-state index contributed by atoms with van der Waals surface area (Å²) < 4.78 is 23.0. The van der Waals surface area contributed by atoms with Crippen LogP contribution in [0.25, 0.3) is 10.9 Å². The number of phenolic OH excluding ortho intramolecular Hbond substituents is 1. The molecule has 1 amide bonds. The molecule has 0 aliphatic carbocycles. The molecule has 7 nitrogen and oxygen atoms in total. The third-order valence-corrected chi connectivity index (χ3v) is 4.64. The standard InChI is InChI=1S/C15H19N3O3S.C4H6.C3H7N.CH3F/c1-5-16-15(20)11-9(2)13(18(3)22(4)21)10-7-6-8-17-12(10)14(11)19;1-3-4-2;1-3(2)4;1-2/h6-8,19H,5H2,1-4H3,(H,16,20);3-4H,1-2H2;4H,1-2H3;1H3. The molecule has 0 saturated heterocycles. The average molecular weight is 467 g/mol. The molecule has 0 fully saturated rings. The van der Waals surface area contributed by atoms with Gasteiger partial charge in [-0.05, 0) is 45.4 Å². The Balaban J connectivity index is 0. The van der Waals surface area contributed by atoms with Crippen molar-refractivity contribution in [3.63, 3.8) is 0 Å². The van der Waals surface area contributed by atoms with Gasteiger partial charge in [0, 0.05) is 37.1 Å². The second-order valence-electron chi connectivity index (χ2n) is 6.35. The number of fused-ring (bicyclic) bond motifs is 1. The lowest BCUT2D eigenvalue weighted by atomic mass is 9.99. The van der Waals surface area contributed by atoms with E-state index in [2.05, 4.69) is 23.5 Å². The van der Waals surface area contributed by atoms with Crippen molar-refractivity contribution in [1.29, 1.82) is 5.41 Å². The number of phenols is 1. The van der Waals surface area contributed by atoms with Gasteiger partial charge in [0.25, 0.3) is 5.91 Å². The first-order chi connectivity index (χ1) is 15.0. The number of alkyl halides is 1. The third kappa shape index (κ3) is 9.38. The number of nitrogens with one attached hydrogen (secondary N) is 2. The number of nitrogens with zero attached hydrogens (tertiary/aromatic N) is 2. The van der Waals surface area contributed by atoms with Crippen molar-refractivity contribution in [3.8, 4) is 5.75 Å². The van der Waals surface area contributed by atoms with Gasteiger partial charge in [-0.3, -0.25) is 18.5 Å². The van der Waals surface area contributed by atoms with E-state index in [1.165, 1.54) is 0 Å². The van der Waals surface area contributed by atoms with Crippen LogP contribution in [-0.2, 0) is 11.0 Å². The van der Waals surface area contributed by atoms with E-state index in [4.69, 9.17) is 5.41 Å². The predicted octanol–water partition coefficient (Wildman–Crippen LogP) is 4.72. The lowest BCUT2D eigenvalue weighted by Gasteiger charge is -2.23. The molecule has 0 aliphatic rings. The van der Waals surface area contributed by atoms with E-state index >= 15 is 0 Å². The molecule has 178 valence electrons. The maximum atomic E-state index is 12.3. The largest absolute Gasteiger partial charge is 0.505 e. The van der Waals surface area contributed by atoms with E-state index in [9.17, 15) is 18.5 Å². The van der Waals surface area contributed by atoms with Crippen molar-refractivity contribution in [2.45, 2.75) is 27.7 Å². The van der Waals surface area contributed by atoms with Gasteiger partial charge in [0.1, 0.15) is 16.5 Å². The lowest BCUT2D eigenvalue weighted by Crippen LogP contribution is -2.26. The highest BCUT2D eigenvalue weighted by molar-refractivity contribution is 7.85. The second-order valence-corrected chi connectivity index (χ2v) is 7.74. The Morgan fingerprint density at radius 2 is 1.84 bits per heavy atom. The van der Waals surface area contributed by atoms with Crippen LogP contribution in [0.5, 0.6) is 5.75 Å². The minimum atomic E-state index is -1.27. The zero-order valence-corrected chi connectivity index (χ0v) is 20.8. The van der Waals surface area contributed by atoms with Crippen molar-refractivity contribution >= 4 is 39.2 Å². The monoisotopic (exact) mass is 466 g/mol. The molecule has 0 aliphatic heterocycles. The fraction of sp³-hybridized carbons (Fsp3) is 0.348. The Kier molecular flexibility index (Phi) is 16.1. The van der Waals surface area contributed by atoms with Crippen molar-refractivity contribution in [1.82, 2.24) is 10.3 Å².